The summed E-state index contributed by atoms with van der Waals surface area (Å²) in [7, 11) is -3.12. The Kier molecular flexibility index (Phi) is 5.22. The van der Waals surface area contributed by atoms with Gasteiger partial charge in [-0.25, -0.2) is 17.2 Å². The van der Waals surface area contributed by atoms with Crippen LogP contribution in [0.15, 0.2) is 18.2 Å². The van der Waals surface area contributed by atoms with E-state index in [4.69, 9.17) is 0 Å². The fraction of sp³-hybridized carbons (Fsp3) is 0.500. The van der Waals surface area contributed by atoms with Crippen molar-refractivity contribution in [2.75, 3.05) is 18.6 Å². The molecule has 0 fully saturated rings. The third-order valence-electron chi connectivity index (χ3n) is 2.56. The molecule has 1 atom stereocenters. The number of sulfone groups is 1. The Bertz CT molecular complexity index is 503. The van der Waals surface area contributed by atoms with Crippen molar-refractivity contribution in [1.29, 1.82) is 0 Å². The van der Waals surface area contributed by atoms with Gasteiger partial charge < -0.3 is 5.32 Å². The van der Waals surface area contributed by atoms with Crippen LogP contribution in [0.5, 0.6) is 0 Å². The number of hydrogen-bond donors (Lipinski definition) is 1. The quantitative estimate of drug-likeness (QED) is 0.865. The topological polar surface area (TPSA) is 46.2 Å². The van der Waals surface area contributed by atoms with E-state index in [2.05, 4.69) is 5.32 Å². The molecule has 1 N–H and O–H groups in total. The first-order valence-corrected chi connectivity index (χ1v) is 7.75. The van der Waals surface area contributed by atoms with E-state index >= 15 is 0 Å². The van der Waals surface area contributed by atoms with E-state index < -0.39 is 27.5 Å². The molecular formula is C12H17F2NO2S. The minimum Gasteiger partial charge on any atom is -0.310 e. The second-order valence-corrected chi connectivity index (χ2v) is 6.45. The smallest absolute Gasteiger partial charge is 0.147 e. The summed E-state index contributed by atoms with van der Waals surface area (Å²) in [5, 5.41) is 2.97. The largest absolute Gasteiger partial charge is 0.310 e. The highest BCUT2D eigenvalue weighted by Crippen LogP contribution is 2.21. The molecule has 0 spiro atoms. The summed E-state index contributed by atoms with van der Waals surface area (Å²) in [6.07, 6.45) is 1.34. The van der Waals surface area contributed by atoms with Gasteiger partial charge in [0.15, 0.2) is 0 Å². The van der Waals surface area contributed by atoms with Crippen molar-refractivity contribution < 1.29 is 17.2 Å². The Hall–Kier alpha value is -1.01. The van der Waals surface area contributed by atoms with E-state index in [0.717, 1.165) is 24.5 Å². The molecule has 1 aromatic rings. The molecule has 3 nitrogen and oxygen atoms in total. The van der Waals surface area contributed by atoms with Crippen LogP contribution in [-0.2, 0) is 9.84 Å². The van der Waals surface area contributed by atoms with Crippen LogP contribution in [0.2, 0.25) is 0 Å². The lowest BCUT2D eigenvalue weighted by Crippen LogP contribution is -2.24. The van der Waals surface area contributed by atoms with Crippen molar-refractivity contribution in [1.82, 2.24) is 5.32 Å². The zero-order chi connectivity index (χ0) is 13.8. The summed E-state index contributed by atoms with van der Waals surface area (Å²) >= 11 is 0. The van der Waals surface area contributed by atoms with Gasteiger partial charge in [-0.3, -0.25) is 0 Å². The maximum Gasteiger partial charge on any atom is 0.147 e. The monoisotopic (exact) mass is 277 g/mol. The van der Waals surface area contributed by atoms with E-state index in [9.17, 15) is 17.2 Å². The van der Waals surface area contributed by atoms with Crippen LogP contribution in [0.3, 0.4) is 0 Å². The molecule has 0 radical (unpaired) electrons. The summed E-state index contributed by atoms with van der Waals surface area (Å²) in [5.74, 6) is -1.13. The maximum atomic E-state index is 13.6. The average Bonchev–Trinajstić information content (AvgIpc) is 2.26. The molecule has 0 aromatic heterocycles. The lowest BCUT2D eigenvalue weighted by molar-refractivity contribution is 0.491. The molecule has 0 heterocycles. The molecule has 1 aromatic carbocycles. The van der Waals surface area contributed by atoms with Gasteiger partial charge in [0.2, 0.25) is 0 Å². The third-order valence-corrected chi connectivity index (χ3v) is 3.54. The molecule has 0 saturated heterocycles. The molecule has 0 amide bonds. The van der Waals surface area contributed by atoms with E-state index in [1.807, 2.05) is 6.92 Å². The molecule has 0 bridgehead atoms. The van der Waals surface area contributed by atoms with Crippen LogP contribution in [0.1, 0.15) is 24.9 Å². The van der Waals surface area contributed by atoms with Gasteiger partial charge in [-0.15, -0.1) is 0 Å². The summed E-state index contributed by atoms with van der Waals surface area (Å²) in [6, 6.07) is 2.69. The van der Waals surface area contributed by atoms with Crippen molar-refractivity contribution >= 4 is 9.84 Å². The van der Waals surface area contributed by atoms with Gasteiger partial charge in [-0.2, -0.15) is 0 Å². The fourth-order valence-electron chi connectivity index (χ4n) is 1.73. The minimum atomic E-state index is -3.12. The van der Waals surface area contributed by atoms with Crippen LogP contribution < -0.4 is 5.32 Å². The molecule has 0 aliphatic rings. The highest BCUT2D eigenvalue weighted by molar-refractivity contribution is 7.90. The highest BCUT2D eigenvalue weighted by Gasteiger charge is 2.17. The maximum absolute atomic E-state index is 13.6. The van der Waals surface area contributed by atoms with Crippen molar-refractivity contribution in [3.8, 4) is 0 Å². The fourth-order valence-corrected chi connectivity index (χ4v) is 2.39. The number of benzene rings is 1. The van der Waals surface area contributed by atoms with Crippen molar-refractivity contribution in [3.63, 3.8) is 0 Å². The van der Waals surface area contributed by atoms with Gasteiger partial charge in [-0.05, 0) is 31.2 Å². The predicted octanol–water partition coefficient (Wildman–Crippen LogP) is 2.05. The van der Waals surface area contributed by atoms with Crippen LogP contribution in [0.25, 0.3) is 0 Å². The zero-order valence-corrected chi connectivity index (χ0v) is 11.2. The molecule has 0 aliphatic carbocycles. The Balaban J connectivity index is 2.93. The second-order valence-electron chi connectivity index (χ2n) is 4.19. The summed E-state index contributed by atoms with van der Waals surface area (Å²) in [6.45, 7) is 2.37. The first kappa shape index (κ1) is 15.0. The van der Waals surface area contributed by atoms with Gasteiger partial charge in [0, 0.05) is 17.9 Å². The molecular weight excluding hydrogens is 260 g/mol. The Morgan fingerprint density at radius 1 is 1.33 bits per heavy atom. The van der Waals surface area contributed by atoms with Crippen LogP contribution in [-0.4, -0.2) is 27.0 Å². The van der Waals surface area contributed by atoms with Crippen LogP contribution in [0.4, 0.5) is 8.78 Å². The molecule has 1 rings (SSSR count). The predicted molar refractivity (Wildman–Crippen MR) is 67.1 cm³/mol. The van der Waals surface area contributed by atoms with E-state index in [-0.39, 0.29) is 17.7 Å². The van der Waals surface area contributed by atoms with Gasteiger partial charge in [-0.1, -0.05) is 6.92 Å². The lowest BCUT2D eigenvalue weighted by Gasteiger charge is -2.18. The van der Waals surface area contributed by atoms with Gasteiger partial charge in [0.1, 0.15) is 21.5 Å². The number of rotatable bonds is 6. The second kappa shape index (κ2) is 6.24. The first-order valence-electron chi connectivity index (χ1n) is 5.69. The standard InChI is InChI=1S/C12H17F2NO2S/c1-3-15-12(6-7-18(2,16)17)10-8-9(13)4-5-11(10)14/h4-5,8,12,15H,3,6-7H2,1-2H3. The molecule has 0 aliphatic heterocycles. The van der Waals surface area contributed by atoms with Gasteiger partial charge in [0.05, 0.1) is 5.75 Å². The highest BCUT2D eigenvalue weighted by atomic mass is 32.2. The van der Waals surface area contributed by atoms with E-state index in [1.165, 1.54) is 0 Å². The van der Waals surface area contributed by atoms with Gasteiger partial charge in [0.25, 0.3) is 0 Å². The zero-order valence-electron chi connectivity index (χ0n) is 10.4. The number of hydrogen-bond acceptors (Lipinski definition) is 3. The van der Waals surface area contributed by atoms with Gasteiger partial charge >= 0.3 is 0 Å². The molecule has 6 heteroatoms. The van der Waals surface area contributed by atoms with Crippen molar-refractivity contribution in [2.24, 2.45) is 0 Å². The summed E-state index contributed by atoms with van der Waals surface area (Å²) in [4.78, 5) is 0. The first-order chi connectivity index (χ1) is 8.33. The molecule has 1 unspecified atom stereocenters. The Labute approximate surface area is 106 Å². The lowest BCUT2D eigenvalue weighted by atomic mass is 10.0. The summed E-state index contributed by atoms with van der Waals surface area (Å²) in [5.41, 5.74) is 0.167. The molecule has 0 saturated carbocycles. The third kappa shape index (κ3) is 4.70. The summed E-state index contributed by atoms with van der Waals surface area (Å²) < 4.78 is 49.0. The number of halogens is 2. The normalized spacial score (nSPS) is 13.6. The van der Waals surface area contributed by atoms with Crippen molar-refractivity contribution in [2.45, 2.75) is 19.4 Å². The van der Waals surface area contributed by atoms with E-state index in [1.54, 1.807) is 0 Å². The van der Waals surface area contributed by atoms with Crippen molar-refractivity contribution in [3.05, 3.63) is 35.4 Å². The SMILES string of the molecule is CCNC(CCS(C)(=O)=O)c1cc(F)ccc1F. The molecule has 18 heavy (non-hydrogen) atoms. The van der Waals surface area contributed by atoms with E-state index in [0.29, 0.717) is 6.54 Å². The van der Waals surface area contributed by atoms with Crippen LogP contribution in [0, 0.1) is 11.6 Å². The Morgan fingerprint density at radius 3 is 2.56 bits per heavy atom. The average molecular weight is 277 g/mol. The minimum absolute atomic E-state index is 0.0688. The number of nitrogens with one attached hydrogen (secondary N) is 1. The molecule has 102 valence electrons. The Morgan fingerprint density at radius 2 is 2.00 bits per heavy atom. The van der Waals surface area contributed by atoms with Crippen LogP contribution >= 0.6 is 0 Å².